The van der Waals surface area contributed by atoms with Gasteiger partial charge in [0.2, 0.25) is 5.91 Å². The fraction of sp³-hybridized carbons (Fsp3) is 0.476. The van der Waals surface area contributed by atoms with Crippen LogP contribution in [0.2, 0.25) is 0 Å². The van der Waals surface area contributed by atoms with Crippen LogP contribution < -0.4 is 5.32 Å². The van der Waals surface area contributed by atoms with E-state index in [1.54, 1.807) is 40.6 Å². The normalized spacial score (nSPS) is 16.7. The molecule has 2 aromatic heterocycles. The van der Waals surface area contributed by atoms with Crippen LogP contribution in [0, 0.1) is 0 Å². The summed E-state index contributed by atoms with van der Waals surface area (Å²) < 4.78 is 0. The van der Waals surface area contributed by atoms with E-state index >= 15 is 0 Å². The highest BCUT2D eigenvalue weighted by Crippen LogP contribution is 2.27. The molecule has 0 unspecified atom stereocenters. The maximum Gasteiger partial charge on any atom is 0.273 e. The third kappa shape index (κ3) is 4.38. The van der Waals surface area contributed by atoms with Gasteiger partial charge in [-0.3, -0.25) is 14.6 Å². The van der Waals surface area contributed by atoms with Crippen molar-refractivity contribution in [3.8, 4) is 0 Å². The zero-order valence-corrected chi connectivity index (χ0v) is 16.8. The van der Waals surface area contributed by atoms with Crippen molar-refractivity contribution in [2.24, 2.45) is 0 Å². The summed E-state index contributed by atoms with van der Waals surface area (Å²) >= 11 is 1.59. The summed E-state index contributed by atoms with van der Waals surface area (Å²) in [5.41, 5.74) is -0.566. The average molecular weight is 386 g/mol. The van der Waals surface area contributed by atoms with Crippen LogP contribution >= 0.6 is 11.3 Å². The molecule has 3 rings (SSSR count). The molecule has 5 nitrogen and oxygen atoms in total. The third-order valence-corrected chi connectivity index (χ3v) is 6.35. The van der Waals surface area contributed by atoms with E-state index in [0.717, 1.165) is 30.6 Å². The zero-order chi connectivity index (χ0) is 19.3. The minimum Gasteiger partial charge on any atom is -0.351 e. The molecule has 0 spiro atoms. The third-order valence-electron chi connectivity index (χ3n) is 5.49. The van der Waals surface area contributed by atoms with Crippen LogP contribution in [0.15, 0.2) is 41.9 Å². The maximum atomic E-state index is 13.3. The predicted octanol–water partition coefficient (Wildman–Crippen LogP) is 4.01. The fourth-order valence-electron chi connectivity index (χ4n) is 3.54. The highest BCUT2D eigenvalue weighted by molar-refractivity contribution is 7.09. The molecule has 0 bridgehead atoms. The molecule has 6 heteroatoms. The molecule has 1 saturated carbocycles. The van der Waals surface area contributed by atoms with Gasteiger partial charge in [0.1, 0.15) is 11.2 Å². The molecule has 1 aliphatic rings. The molecule has 1 atom stereocenters. The first-order valence-electron chi connectivity index (χ1n) is 9.61. The van der Waals surface area contributed by atoms with Gasteiger partial charge in [0, 0.05) is 17.1 Å². The lowest BCUT2D eigenvalue weighted by atomic mass is 9.93. The summed E-state index contributed by atoms with van der Waals surface area (Å²) in [7, 11) is 0. The second-order valence-electron chi connectivity index (χ2n) is 7.27. The summed E-state index contributed by atoms with van der Waals surface area (Å²) in [6, 6.07) is 9.46. The highest BCUT2D eigenvalue weighted by atomic mass is 32.1. The molecule has 2 heterocycles. The van der Waals surface area contributed by atoms with Gasteiger partial charge in [-0.1, -0.05) is 31.9 Å². The number of carbonyl (C=O) groups is 2. The minimum absolute atomic E-state index is 0.0715. The van der Waals surface area contributed by atoms with E-state index < -0.39 is 5.54 Å². The van der Waals surface area contributed by atoms with Crippen LogP contribution in [-0.4, -0.2) is 33.3 Å². The Hall–Kier alpha value is -2.21. The van der Waals surface area contributed by atoms with Crippen LogP contribution in [0.1, 0.15) is 61.3 Å². The zero-order valence-electron chi connectivity index (χ0n) is 16.0. The lowest BCUT2D eigenvalue weighted by molar-refractivity contribution is -0.132. The van der Waals surface area contributed by atoms with Crippen molar-refractivity contribution in [3.05, 3.63) is 52.5 Å². The minimum atomic E-state index is -0.929. The van der Waals surface area contributed by atoms with Crippen LogP contribution in [0.25, 0.3) is 0 Å². The first-order chi connectivity index (χ1) is 13.0. The molecule has 0 radical (unpaired) electrons. The van der Waals surface area contributed by atoms with Crippen molar-refractivity contribution in [2.75, 3.05) is 0 Å². The van der Waals surface area contributed by atoms with Crippen molar-refractivity contribution in [1.82, 2.24) is 15.2 Å². The Morgan fingerprint density at radius 1 is 1.26 bits per heavy atom. The number of hydrogen-bond donors (Lipinski definition) is 1. The fourth-order valence-corrected chi connectivity index (χ4v) is 4.23. The molecule has 2 aromatic rings. The first kappa shape index (κ1) is 19.5. The average Bonchev–Trinajstić information content (AvgIpc) is 3.39. The molecular formula is C21H27N3O2S. The second kappa shape index (κ2) is 8.65. The largest absolute Gasteiger partial charge is 0.351 e. The standard InChI is InChI=1S/C21H27N3O2S/c1-3-21(2,20(26)23-16-9-4-5-10-16)24(15-17-11-8-14-27-17)19(25)18-12-6-7-13-22-18/h6-8,11-14,16H,3-5,9-10,15H2,1-2H3,(H,23,26)/t21-/m0/s1. The molecule has 1 fully saturated rings. The smallest absolute Gasteiger partial charge is 0.273 e. The van der Waals surface area contributed by atoms with Gasteiger partial charge in [-0.25, -0.2) is 0 Å². The monoisotopic (exact) mass is 385 g/mol. The molecule has 0 aliphatic heterocycles. The summed E-state index contributed by atoms with van der Waals surface area (Å²) in [6.45, 7) is 4.22. The first-order valence-corrected chi connectivity index (χ1v) is 10.5. The van der Waals surface area contributed by atoms with E-state index in [-0.39, 0.29) is 17.9 Å². The van der Waals surface area contributed by atoms with Gasteiger partial charge < -0.3 is 10.2 Å². The summed E-state index contributed by atoms with van der Waals surface area (Å²) in [5.74, 6) is -0.285. The number of pyridine rings is 1. The van der Waals surface area contributed by atoms with Crippen LogP contribution in [0.3, 0.4) is 0 Å². The van der Waals surface area contributed by atoms with Gasteiger partial charge in [-0.2, -0.15) is 0 Å². The predicted molar refractivity (Wildman–Crippen MR) is 108 cm³/mol. The number of thiophene rings is 1. The van der Waals surface area contributed by atoms with Gasteiger partial charge >= 0.3 is 0 Å². The Kier molecular flexibility index (Phi) is 6.26. The summed E-state index contributed by atoms with van der Waals surface area (Å²) in [6.07, 6.45) is 6.49. The SMILES string of the molecule is CC[C@@](C)(C(=O)NC1CCCC1)N(Cc1cccs1)C(=O)c1ccccn1. The van der Waals surface area contributed by atoms with Gasteiger partial charge in [0.15, 0.2) is 0 Å². The number of hydrogen-bond acceptors (Lipinski definition) is 4. The molecule has 0 aromatic carbocycles. The maximum absolute atomic E-state index is 13.3. The topological polar surface area (TPSA) is 62.3 Å². The summed E-state index contributed by atoms with van der Waals surface area (Å²) in [4.78, 5) is 33.5. The van der Waals surface area contributed by atoms with E-state index in [1.807, 2.05) is 31.4 Å². The molecule has 27 heavy (non-hydrogen) atoms. The highest BCUT2D eigenvalue weighted by Gasteiger charge is 2.42. The number of nitrogens with zero attached hydrogens (tertiary/aromatic N) is 2. The number of carbonyl (C=O) groups excluding carboxylic acids is 2. The van der Waals surface area contributed by atoms with E-state index in [2.05, 4.69) is 10.3 Å². The van der Waals surface area contributed by atoms with Crippen molar-refractivity contribution >= 4 is 23.2 Å². The molecule has 2 amide bonds. The van der Waals surface area contributed by atoms with Crippen molar-refractivity contribution < 1.29 is 9.59 Å². The van der Waals surface area contributed by atoms with Crippen LogP contribution in [-0.2, 0) is 11.3 Å². The van der Waals surface area contributed by atoms with Crippen LogP contribution in [0.5, 0.6) is 0 Å². The van der Waals surface area contributed by atoms with Crippen molar-refractivity contribution in [2.45, 2.75) is 64.1 Å². The lowest BCUT2D eigenvalue weighted by Crippen LogP contribution is -2.59. The number of aromatic nitrogens is 1. The molecule has 1 aliphatic carbocycles. The van der Waals surface area contributed by atoms with E-state index in [9.17, 15) is 9.59 Å². The number of nitrogens with one attached hydrogen (secondary N) is 1. The Bertz CT molecular complexity index is 757. The van der Waals surface area contributed by atoms with E-state index in [4.69, 9.17) is 0 Å². The Labute approximate surface area is 164 Å². The van der Waals surface area contributed by atoms with Gasteiger partial charge in [0.25, 0.3) is 5.91 Å². The Morgan fingerprint density at radius 2 is 2.04 bits per heavy atom. The molecule has 144 valence electrons. The molecule has 0 saturated heterocycles. The second-order valence-corrected chi connectivity index (χ2v) is 8.30. The molecular weight excluding hydrogens is 358 g/mol. The van der Waals surface area contributed by atoms with Gasteiger partial charge in [-0.05, 0) is 49.8 Å². The Morgan fingerprint density at radius 3 is 2.63 bits per heavy atom. The number of rotatable bonds is 7. The van der Waals surface area contributed by atoms with Crippen molar-refractivity contribution in [3.63, 3.8) is 0 Å². The van der Waals surface area contributed by atoms with E-state index in [1.165, 1.54) is 0 Å². The van der Waals surface area contributed by atoms with E-state index in [0.29, 0.717) is 18.7 Å². The Balaban J connectivity index is 1.90. The quantitative estimate of drug-likeness (QED) is 0.783. The summed E-state index contributed by atoms with van der Waals surface area (Å²) in [5, 5.41) is 5.17. The van der Waals surface area contributed by atoms with Crippen LogP contribution in [0.4, 0.5) is 0 Å². The van der Waals surface area contributed by atoms with Gasteiger partial charge in [-0.15, -0.1) is 11.3 Å². The van der Waals surface area contributed by atoms with Gasteiger partial charge in [0.05, 0.1) is 6.54 Å². The number of amides is 2. The molecule has 1 N–H and O–H groups in total. The van der Waals surface area contributed by atoms with Crippen molar-refractivity contribution in [1.29, 1.82) is 0 Å². The lowest BCUT2D eigenvalue weighted by Gasteiger charge is -2.40.